The fourth-order valence-corrected chi connectivity index (χ4v) is 1.69. The number of rotatable bonds is 4. The maximum Gasteiger partial charge on any atom is 0.0832 e. The highest BCUT2D eigenvalue weighted by Gasteiger charge is 2.05. The van der Waals surface area contributed by atoms with Gasteiger partial charge in [-0.2, -0.15) is 5.10 Å². The van der Waals surface area contributed by atoms with Gasteiger partial charge in [-0.05, 0) is 30.7 Å². The highest BCUT2D eigenvalue weighted by atomic mass is 15.3. The predicted octanol–water partition coefficient (Wildman–Crippen LogP) is 2.11. The van der Waals surface area contributed by atoms with Crippen molar-refractivity contribution in [2.24, 2.45) is 0 Å². The summed E-state index contributed by atoms with van der Waals surface area (Å²) >= 11 is 0. The zero-order valence-corrected chi connectivity index (χ0v) is 10.5. The first-order valence-electron chi connectivity index (χ1n) is 5.85. The normalized spacial score (nSPS) is 11.1. The Kier molecular flexibility index (Phi) is 3.54. The van der Waals surface area contributed by atoms with Crippen molar-refractivity contribution in [2.45, 2.75) is 26.3 Å². The van der Waals surface area contributed by atoms with E-state index in [1.807, 2.05) is 30.3 Å². The van der Waals surface area contributed by atoms with Crippen molar-refractivity contribution in [3.63, 3.8) is 0 Å². The lowest BCUT2D eigenvalue weighted by Gasteiger charge is -2.04. The van der Waals surface area contributed by atoms with Crippen LogP contribution in [0.5, 0.6) is 0 Å². The SMILES string of the molecule is CNCc1cncc(-n2ccc(C(C)C)n2)c1. The second kappa shape index (κ2) is 5.10. The average molecular weight is 230 g/mol. The first kappa shape index (κ1) is 11.8. The van der Waals surface area contributed by atoms with Crippen molar-refractivity contribution >= 4 is 0 Å². The Morgan fingerprint density at radius 2 is 2.18 bits per heavy atom. The lowest BCUT2D eigenvalue weighted by atomic mass is 10.1. The number of hydrogen-bond donors (Lipinski definition) is 1. The molecule has 0 saturated carbocycles. The summed E-state index contributed by atoms with van der Waals surface area (Å²) in [7, 11) is 1.93. The van der Waals surface area contributed by atoms with Gasteiger partial charge < -0.3 is 5.32 Å². The monoisotopic (exact) mass is 230 g/mol. The standard InChI is InChI=1S/C13H18N4/c1-10(2)13-4-5-17(16-13)12-6-11(7-14-3)8-15-9-12/h4-6,8-10,14H,7H2,1-3H3. The van der Waals surface area contributed by atoms with E-state index in [4.69, 9.17) is 0 Å². The van der Waals surface area contributed by atoms with E-state index in [2.05, 4.69) is 41.4 Å². The van der Waals surface area contributed by atoms with Gasteiger partial charge >= 0.3 is 0 Å². The summed E-state index contributed by atoms with van der Waals surface area (Å²) in [6, 6.07) is 4.15. The molecule has 0 spiro atoms. The molecule has 2 heterocycles. The summed E-state index contributed by atoms with van der Waals surface area (Å²) in [5.41, 5.74) is 3.26. The molecule has 0 aliphatic carbocycles. The number of nitrogens with zero attached hydrogens (tertiary/aromatic N) is 3. The molecule has 1 N–H and O–H groups in total. The van der Waals surface area contributed by atoms with Crippen molar-refractivity contribution in [3.05, 3.63) is 42.0 Å². The van der Waals surface area contributed by atoms with Crippen LogP contribution in [0, 0.1) is 0 Å². The van der Waals surface area contributed by atoms with Gasteiger partial charge in [-0.15, -0.1) is 0 Å². The largest absolute Gasteiger partial charge is 0.316 e. The van der Waals surface area contributed by atoms with Gasteiger partial charge in [-0.25, -0.2) is 4.68 Å². The molecule has 4 heteroatoms. The van der Waals surface area contributed by atoms with Crippen LogP contribution in [0.2, 0.25) is 0 Å². The fraction of sp³-hybridized carbons (Fsp3) is 0.385. The van der Waals surface area contributed by atoms with Crippen LogP contribution in [-0.2, 0) is 6.54 Å². The average Bonchev–Trinajstić information content (AvgIpc) is 2.79. The first-order chi connectivity index (χ1) is 8.20. The van der Waals surface area contributed by atoms with Gasteiger partial charge in [0.1, 0.15) is 0 Å². The summed E-state index contributed by atoms with van der Waals surface area (Å²) in [5, 5.41) is 7.65. The van der Waals surface area contributed by atoms with Crippen LogP contribution in [-0.4, -0.2) is 21.8 Å². The summed E-state index contributed by atoms with van der Waals surface area (Å²) in [4.78, 5) is 4.23. The van der Waals surface area contributed by atoms with Crippen molar-refractivity contribution < 1.29 is 0 Å². The number of pyridine rings is 1. The third-order valence-electron chi connectivity index (χ3n) is 2.63. The minimum absolute atomic E-state index is 0.449. The van der Waals surface area contributed by atoms with Crippen LogP contribution in [0.15, 0.2) is 30.7 Å². The Hall–Kier alpha value is -1.68. The van der Waals surface area contributed by atoms with Gasteiger partial charge in [0.25, 0.3) is 0 Å². The molecule has 0 unspecified atom stereocenters. The Labute approximate surface area is 102 Å². The molecule has 4 nitrogen and oxygen atoms in total. The second-order valence-electron chi connectivity index (χ2n) is 4.42. The van der Waals surface area contributed by atoms with Crippen LogP contribution in [0.25, 0.3) is 5.69 Å². The lowest BCUT2D eigenvalue weighted by molar-refractivity contribution is 0.762. The van der Waals surface area contributed by atoms with Gasteiger partial charge in [0.05, 0.1) is 17.6 Å². The van der Waals surface area contributed by atoms with E-state index in [0.717, 1.165) is 23.5 Å². The van der Waals surface area contributed by atoms with Crippen molar-refractivity contribution in [1.82, 2.24) is 20.1 Å². The molecular formula is C13H18N4. The smallest absolute Gasteiger partial charge is 0.0832 e. The fourth-order valence-electron chi connectivity index (χ4n) is 1.69. The molecule has 2 rings (SSSR count). The molecule has 0 radical (unpaired) electrons. The van der Waals surface area contributed by atoms with E-state index in [1.165, 1.54) is 0 Å². The van der Waals surface area contributed by atoms with E-state index < -0.39 is 0 Å². The molecule has 0 atom stereocenters. The Morgan fingerprint density at radius 1 is 1.35 bits per heavy atom. The maximum absolute atomic E-state index is 4.54. The highest BCUT2D eigenvalue weighted by molar-refractivity contribution is 5.31. The van der Waals surface area contributed by atoms with Gasteiger partial charge in [0.15, 0.2) is 0 Å². The van der Waals surface area contributed by atoms with Gasteiger partial charge in [-0.3, -0.25) is 4.98 Å². The van der Waals surface area contributed by atoms with Crippen LogP contribution in [0.1, 0.15) is 31.0 Å². The highest BCUT2D eigenvalue weighted by Crippen LogP contribution is 2.14. The predicted molar refractivity (Wildman–Crippen MR) is 68.2 cm³/mol. The number of hydrogen-bond acceptors (Lipinski definition) is 3. The van der Waals surface area contributed by atoms with E-state index in [9.17, 15) is 0 Å². The minimum atomic E-state index is 0.449. The quantitative estimate of drug-likeness (QED) is 0.874. The molecular weight excluding hydrogens is 212 g/mol. The molecule has 0 amide bonds. The summed E-state index contributed by atoms with van der Waals surface area (Å²) in [6.45, 7) is 5.10. The van der Waals surface area contributed by atoms with Crippen LogP contribution < -0.4 is 5.32 Å². The second-order valence-corrected chi connectivity index (χ2v) is 4.42. The Balaban J connectivity index is 2.28. The Morgan fingerprint density at radius 3 is 2.82 bits per heavy atom. The van der Waals surface area contributed by atoms with Crippen molar-refractivity contribution in [1.29, 1.82) is 0 Å². The lowest BCUT2D eigenvalue weighted by Crippen LogP contribution is -2.06. The third-order valence-corrected chi connectivity index (χ3v) is 2.63. The molecule has 0 saturated heterocycles. The summed E-state index contributed by atoms with van der Waals surface area (Å²) in [6.07, 6.45) is 5.68. The third kappa shape index (κ3) is 2.71. The Bertz CT molecular complexity index is 488. The van der Waals surface area contributed by atoms with Crippen molar-refractivity contribution in [3.8, 4) is 5.69 Å². The maximum atomic E-state index is 4.54. The molecule has 0 aliphatic rings. The van der Waals surface area contributed by atoms with Crippen LogP contribution >= 0.6 is 0 Å². The molecule has 0 fully saturated rings. The number of aromatic nitrogens is 3. The van der Waals surface area contributed by atoms with E-state index in [0.29, 0.717) is 5.92 Å². The van der Waals surface area contributed by atoms with E-state index in [-0.39, 0.29) is 0 Å². The summed E-state index contributed by atoms with van der Waals surface area (Å²) in [5.74, 6) is 0.449. The van der Waals surface area contributed by atoms with Gasteiger partial charge in [0, 0.05) is 18.9 Å². The molecule has 90 valence electrons. The first-order valence-corrected chi connectivity index (χ1v) is 5.85. The molecule has 2 aromatic rings. The zero-order chi connectivity index (χ0) is 12.3. The van der Waals surface area contributed by atoms with Gasteiger partial charge in [0.2, 0.25) is 0 Å². The molecule has 0 aromatic carbocycles. The molecule has 2 aromatic heterocycles. The molecule has 0 bridgehead atoms. The van der Waals surface area contributed by atoms with Gasteiger partial charge in [-0.1, -0.05) is 13.8 Å². The molecule has 17 heavy (non-hydrogen) atoms. The number of nitrogens with one attached hydrogen (secondary N) is 1. The van der Waals surface area contributed by atoms with E-state index >= 15 is 0 Å². The minimum Gasteiger partial charge on any atom is -0.316 e. The van der Waals surface area contributed by atoms with Crippen LogP contribution in [0.4, 0.5) is 0 Å². The topological polar surface area (TPSA) is 42.7 Å². The van der Waals surface area contributed by atoms with Crippen LogP contribution in [0.3, 0.4) is 0 Å². The van der Waals surface area contributed by atoms with Crippen molar-refractivity contribution in [2.75, 3.05) is 7.05 Å². The zero-order valence-electron chi connectivity index (χ0n) is 10.5. The summed E-state index contributed by atoms with van der Waals surface area (Å²) < 4.78 is 1.88. The molecule has 0 aliphatic heterocycles. The van der Waals surface area contributed by atoms with E-state index in [1.54, 1.807) is 0 Å².